The number of carbonyl (C=O) groups is 2. The van der Waals surface area contributed by atoms with Crippen LogP contribution in [0.4, 0.5) is 5.69 Å². The molecule has 2 rings (SSSR count). The van der Waals surface area contributed by atoms with Gasteiger partial charge in [0.05, 0.1) is 0 Å². The molecule has 0 unspecified atom stereocenters. The zero-order chi connectivity index (χ0) is 19.2. The van der Waals surface area contributed by atoms with Gasteiger partial charge in [-0.05, 0) is 47.2 Å². The van der Waals surface area contributed by atoms with Gasteiger partial charge < -0.3 is 10.6 Å². The second kappa shape index (κ2) is 8.86. The number of amides is 2. The van der Waals surface area contributed by atoms with Crippen LogP contribution in [0, 0.1) is 0 Å². The Kier molecular flexibility index (Phi) is 6.81. The Balaban J connectivity index is 1.75. The predicted octanol–water partition coefficient (Wildman–Crippen LogP) is 4.33. The Morgan fingerprint density at radius 2 is 1.69 bits per heavy atom. The van der Waals surface area contributed by atoms with Crippen molar-refractivity contribution in [2.24, 2.45) is 0 Å². The molecule has 0 atom stereocenters. The standard InChI is InChI=1S/C21H25ClN2O2/c1-21(2,3)16-7-9-18(10-8-16)24-20(26)14-19(25)23-12-11-15-5-4-6-17(22)13-15/h4-10,13H,11-12,14H2,1-3H3,(H,23,25)(H,24,26). The quantitative estimate of drug-likeness (QED) is 0.741. The van der Waals surface area contributed by atoms with Crippen molar-refractivity contribution < 1.29 is 9.59 Å². The van der Waals surface area contributed by atoms with Gasteiger partial charge >= 0.3 is 0 Å². The Labute approximate surface area is 159 Å². The first-order valence-electron chi connectivity index (χ1n) is 8.65. The summed E-state index contributed by atoms with van der Waals surface area (Å²) in [6.07, 6.45) is 0.471. The van der Waals surface area contributed by atoms with E-state index < -0.39 is 0 Å². The fourth-order valence-electron chi connectivity index (χ4n) is 2.51. The van der Waals surface area contributed by atoms with Crippen LogP contribution >= 0.6 is 11.6 Å². The molecule has 2 N–H and O–H groups in total. The van der Waals surface area contributed by atoms with Gasteiger partial charge in [-0.2, -0.15) is 0 Å². The number of rotatable bonds is 6. The van der Waals surface area contributed by atoms with Crippen LogP contribution in [0.5, 0.6) is 0 Å². The van der Waals surface area contributed by atoms with E-state index in [1.807, 2.05) is 48.5 Å². The molecule has 0 radical (unpaired) electrons. The van der Waals surface area contributed by atoms with E-state index in [-0.39, 0.29) is 23.7 Å². The Morgan fingerprint density at radius 1 is 1.00 bits per heavy atom. The maximum atomic E-state index is 12.0. The fraction of sp³-hybridized carbons (Fsp3) is 0.333. The van der Waals surface area contributed by atoms with Gasteiger partial charge in [0.1, 0.15) is 6.42 Å². The van der Waals surface area contributed by atoms with E-state index in [1.54, 1.807) is 0 Å². The lowest BCUT2D eigenvalue weighted by atomic mass is 9.87. The van der Waals surface area contributed by atoms with Crippen LogP contribution in [0.3, 0.4) is 0 Å². The summed E-state index contributed by atoms with van der Waals surface area (Å²) in [5, 5.41) is 6.18. The lowest BCUT2D eigenvalue weighted by molar-refractivity contribution is -0.126. The Bertz CT molecular complexity index is 764. The Hall–Kier alpha value is -2.33. The van der Waals surface area contributed by atoms with Crippen molar-refractivity contribution in [1.29, 1.82) is 0 Å². The molecule has 2 amide bonds. The van der Waals surface area contributed by atoms with Crippen molar-refractivity contribution in [1.82, 2.24) is 5.32 Å². The highest BCUT2D eigenvalue weighted by atomic mass is 35.5. The summed E-state index contributed by atoms with van der Waals surface area (Å²) in [6.45, 7) is 6.86. The van der Waals surface area contributed by atoms with E-state index in [0.717, 1.165) is 5.56 Å². The minimum Gasteiger partial charge on any atom is -0.355 e. The number of halogens is 1. The van der Waals surface area contributed by atoms with Crippen molar-refractivity contribution in [3.8, 4) is 0 Å². The monoisotopic (exact) mass is 372 g/mol. The normalized spacial score (nSPS) is 11.1. The molecule has 5 heteroatoms. The molecule has 2 aromatic carbocycles. The summed E-state index contributed by atoms with van der Waals surface area (Å²) in [6, 6.07) is 15.2. The third-order valence-corrected chi connectivity index (χ3v) is 4.22. The van der Waals surface area contributed by atoms with E-state index in [9.17, 15) is 9.59 Å². The first-order valence-corrected chi connectivity index (χ1v) is 9.03. The van der Waals surface area contributed by atoms with Crippen LogP contribution in [0.2, 0.25) is 5.02 Å². The summed E-state index contributed by atoms with van der Waals surface area (Å²) in [7, 11) is 0. The SMILES string of the molecule is CC(C)(C)c1ccc(NC(=O)CC(=O)NCCc2cccc(Cl)c2)cc1. The molecule has 0 aromatic heterocycles. The van der Waals surface area contributed by atoms with Gasteiger partial charge in [-0.1, -0.05) is 56.6 Å². The van der Waals surface area contributed by atoms with Gasteiger partial charge in [-0.25, -0.2) is 0 Å². The summed E-state index contributed by atoms with van der Waals surface area (Å²) in [4.78, 5) is 23.9. The molecule has 0 aliphatic carbocycles. The second-order valence-electron chi connectivity index (χ2n) is 7.28. The third-order valence-electron chi connectivity index (χ3n) is 3.98. The molecule has 138 valence electrons. The summed E-state index contributed by atoms with van der Waals surface area (Å²) < 4.78 is 0. The maximum Gasteiger partial charge on any atom is 0.233 e. The average molecular weight is 373 g/mol. The molecule has 2 aromatic rings. The summed E-state index contributed by atoms with van der Waals surface area (Å²) >= 11 is 5.93. The van der Waals surface area contributed by atoms with E-state index in [0.29, 0.717) is 23.7 Å². The van der Waals surface area contributed by atoms with Gasteiger partial charge in [-0.3, -0.25) is 9.59 Å². The van der Waals surface area contributed by atoms with E-state index in [2.05, 4.69) is 31.4 Å². The van der Waals surface area contributed by atoms with Crippen LogP contribution in [0.1, 0.15) is 38.3 Å². The Morgan fingerprint density at radius 3 is 2.31 bits per heavy atom. The van der Waals surface area contributed by atoms with Crippen molar-refractivity contribution in [3.63, 3.8) is 0 Å². The number of carbonyl (C=O) groups excluding carboxylic acids is 2. The maximum absolute atomic E-state index is 12.0. The molecular formula is C21H25ClN2O2. The molecular weight excluding hydrogens is 348 g/mol. The lowest BCUT2D eigenvalue weighted by Crippen LogP contribution is -2.29. The van der Waals surface area contributed by atoms with Gasteiger partial charge in [0, 0.05) is 17.3 Å². The smallest absolute Gasteiger partial charge is 0.233 e. The van der Waals surface area contributed by atoms with Gasteiger partial charge in [0.25, 0.3) is 0 Å². The molecule has 0 aliphatic heterocycles. The predicted molar refractivity (Wildman–Crippen MR) is 107 cm³/mol. The number of anilines is 1. The van der Waals surface area contributed by atoms with E-state index in [4.69, 9.17) is 11.6 Å². The molecule has 26 heavy (non-hydrogen) atoms. The first-order chi connectivity index (χ1) is 12.2. The summed E-state index contributed by atoms with van der Waals surface area (Å²) in [5.41, 5.74) is 2.98. The van der Waals surface area contributed by atoms with Crippen LogP contribution in [-0.4, -0.2) is 18.4 Å². The highest BCUT2D eigenvalue weighted by molar-refractivity contribution is 6.30. The van der Waals surface area contributed by atoms with Crippen LogP contribution in [0.25, 0.3) is 0 Å². The molecule has 0 fully saturated rings. The van der Waals surface area contributed by atoms with Gasteiger partial charge in [-0.15, -0.1) is 0 Å². The van der Waals surface area contributed by atoms with Crippen molar-refractivity contribution in [3.05, 3.63) is 64.7 Å². The molecule has 0 bridgehead atoms. The molecule has 0 saturated heterocycles. The fourth-order valence-corrected chi connectivity index (χ4v) is 2.72. The second-order valence-corrected chi connectivity index (χ2v) is 7.72. The van der Waals surface area contributed by atoms with Crippen LogP contribution in [0.15, 0.2) is 48.5 Å². The van der Waals surface area contributed by atoms with Crippen LogP contribution < -0.4 is 10.6 Å². The topological polar surface area (TPSA) is 58.2 Å². The zero-order valence-corrected chi connectivity index (χ0v) is 16.2. The van der Waals surface area contributed by atoms with Gasteiger partial charge in [0.2, 0.25) is 11.8 Å². The highest BCUT2D eigenvalue weighted by Gasteiger charge is 2.14. The van der Waals surface area contributed by atoms with E-state index in [1.165, 1.54) is 5.56 Å². The summed E-state index contributed by atoms with van der Waals surface area (Å²) in [5.74, 6) is -0.621. The molecule has 0 saturated carbocycles. The first kappa shape index (κ1) is 20.0. The average Bonchev–Trinajstić information content (AvgIpc) is 2.54. The van der Waals surface area contributed by atoms with Crippen molar-refractivity contribution in [2.75, 3.05) is 11.9 Å². The van der Waals surface area contributed by atoms with Crippen molar-refractivity contribution in [2.45, 2.75) is 39.0 Å². The van der Waals surface area contributed by atoms with E-state index >= 15 is 0 Å². The third kappa shape index (κ3) is 6.52. The van der Waals surface area contributed by atoms with Gasteiger partial charge in [0.15, 0.2) is 0 Å². The lowest BCUT2D eigenvalue weighted by Gasteiger charge is -2.19. The van der Waals surface area contributed by atoms with Crippen LogP contribution in [-0.2, 0) is 21.4 Å². The largest absolute Gasteiger partial charge is 0.355 e. The number of benzene rings is 2. The molecule has 0 aliphatic rings. The number of nitrogens with one attached hydrogen (secondary N) is 2. The minimum atomic E-state index is -0.325. The van der Waals surface area contributed by atoms with Crippen molar-refractivity contribution >= 4 is 29.1 Å². The zero-order valence-electron chi connectivity index (χ0n) is 15.4. The number of hydrogen-bond acceptors (Lipinski definition) is 2. The highest BCUT2D eigenvalue weighted by Crippen LogP contribution is 2.23. The molecule has 0 heterocycles. The minimum absolute atomic E-state index is 0.0609. The molecule has 4 nitrogen and oxygen atoms in total. The number of hydrogen-bond donors (Lipinski definition) is 2. The molecule has 0 spiro atoms.